The molecule has 1 N–H and O–H groups in total. The van der Waals surface area contributed by atoms with Gasteiger partial charge in [0, 0.05) is 16.1 Å². The third kappa shape index (κ3) is 3.84. The van der Waals surface area contributed by atoms with Crippen molar-refractivity contribution in [2.45, 2.75) is 0 Å². The first-order valence-corrected chi connectivity index (χ1v) is 9.14. The smallest absolute Gasteiger partial charge is 0.262 e. The quantitative estimate of drug-likeness (QED) is 0.477. The Balaban J connectivity index is 1.89. The zero-order chi connectivity index (χ0) is 19.5. The van der Waals surface area contributed by atoms with Crippen LogP contribution in [0.4, 0.5) is 15.9 Å². The molecule has 0 radical (unpaired) electrons. The number of anilines is 1. The highest BCUT2D eigenvalue weighted by molar-refractivity contribution is 9.10. The molecule has 0 fully saturated rings. The van der Waals surface area contributed by atoms with Crippen LogP contribution in [-0.2, 0) is 0 Å². The van der Waals surface area contributed by atoms with E-state index in [4.69, 9.17) is 4.42 Å². The molecule has 0 spiro atoms. The third-order valence-corrected chi connectivity index (χ3v) is 4.43. The molecular formula is C21H13BrFN3O2. The number of benzene rings is 2. The average Bonchev–Trinajstić information content (AvgIpc) is 2.70. The fourth-order valence-electron chi connectivity index (χ4n) is 2.62. The van der Waals surface area contributed by atoms with Crippen LogP contribution in [0.3, 0.4) is 0 Å². The van der Waals surface area contributed by atoms with Gasteiger partial charge in [-0.15, -0.1) is 0 Å². The Morgan fingerprint density at radius 3 is 2.68 bits per heavy atom. The first-order chi connectivity index (χ1) is 13.6. The van der Waals surface area contributed by atoms with E-state index in [0.29, 0.717) is 16.8 Å². The maximum atomic E-state index is 14.1. The summed E-state index contributed by atoms with van der Waals surface area (Å²) >= 11 is 3.40. The lowest BCUT2D eigenvalue weighted by atomic mass is 10.1. The van der Waals surface area contributed by atoms with Crippen molar-refractivity contribution in [1.82, 2.24) is 4.98 Å². The average molecular weight is 438 g/mol. The Labute approximate surface area is 167 Å². The lowest BCUT2D eigenvalue weighted by molar-refractivity contribution is 0.102. The van der Waals surface area contributed by atoms with Crippen molar-refractivity contribution in [3.8, 4) is 0 Å². The van der Waals surface area contributed by atoms with Gasteiger partial charge in [0.15, 0.2) is 0 Å². The summed E-state index contributed by atoms with van der Waals surface area (Å²) < 4.78 is 20.7. The van der Waals surface area contributed by atoms with E-state index in [2.05, 4.69) is 31.2 Å². The van der Waals surface area contributed by atoms with Crippen LogP contribution >= 0.6 is 15.9 Å². The number of rotatable bonds is 3. The van der Waals surface area contributed by atoms with E-state index in [1.54, 1.807) is 48.7 Å². The van der Waals surface area contributed by atoms with E-state index in [-0.39, 0.29) is 16.8 Å². The van der Waals surface area contributed by atoms with Gasteiger partial charge in [-0.2, -0.15) is 0 Å². The fourth-order valence-corrected chi connectivity index (χ4v) is 3.00. The van der Waals surface area contributed by atoms with Crippen molar-refractivity contribution in [2.24, 2.45) is 4.99 Å². The molecule has 0 aliphatic carbocycles. The highest BCUT2D eigenvalue weighted by atomic mass is 79.9. The topological polar surface area (TPSA) is 67.5 Å². The number of hydrogen-bond donors (Lipinski definition) is 1. The standard InChI is InChI=1S/C21H13BrFN3O2/c22-14-8-9-18-13(11-14)12-15(20(27)26-19-7-3-4-10-24-19)21(28-18)25-17-6-2-1-5-16(17)23/h1-12H,(H,24,26,27). The number of halogens is 2. The number of carbonyl (C=O) groups excluding carboxylic acids is 1. The molecule has 5 nitrogen and oxygen atoms in total. The van der Waals surface area contributed by atoms with Gasteiger partial charge in [-0.25, -0.2) is 14.4 Å². The predicted molar refractivity (Wildman–Crippen MR) is 108 cm³/mol. The Morgan fingerprint density at radius 1 is 1.07 bits per heavy atom. The summed E-state index contributed by atoms with van der Waals surface area (Å²) in [7, 11) is 0. The van der Waals surface area contributed by atoms with E-state index in [9.17, 15) is 9.18 Å². The number of amides is 1. The van der Waals surface area contributed by atoms with Crippen LogP contribution in [-0.4, -0.2) is 10.9 Å². The summed E-state index contributed by atoms with van der Waals surface area (Å²) in [5.74, 6) is -0.581. The molecule has 0 saturated carbocycles. The number of fused-ring (bicyclic) bond motifs is 1. The predicted octanol–water partition coefficient (Wildman–Crippen LogP) is 5.21. The molecular weight excluding hydrogens is 425 g/mol. The molecule has 7 heteroatoms. The Hall–Kier alpha value is -3.32. The first kappa shape index (κ1) is 18.1. The molecule has 0 unspecified atom stereocenters. The van der Waals surface area contributed by atoms with E-state index < -0.39 is 11.7 Å². The highest BCUT2D eigenvalue weighted by Gasteiger charge is 2.14. The van der Waals surface area contributed by atoms with Crippen molar-refractivity contribution >= 4 is 44.3 Å². The van der Waals surface area contributed by atoms with E-state index in [1.807, 2.05) is 12.1 Å². The van der Waals surface area contributed by atoms with Crippen molar-refractivity contribution in [2.75, 3.05) is 5.32 Å². The van der Waals surface area contributed by atoms with Crippen LogP contribution < -0.4 is 10.9 Å². The van der Waals surface area contributed by atoms with Crippen LogP contribution in [0.5, 0.6) is 0 Å². The number of nitrogens with zero attached hydrogens (tertiary/aromatic N) is 2. The molecule has 4 rings (SSSR count). The highest BCUT2D eigenvalue weighted by Crippen LogP contribution is 2.21. The molecule has 2 heterocycles. The van der Waals surface area contributed by atoms with E-state index >= 15 is 0 Å². The SMILES string of the molecule is O=C(Nc1ccccn1)c1cc2cc(Br)ccc2oc1=Nc1ccccc1F. The summed E-state index contributed by atoms with van der Waals surface area (Å²) in [6, 6.07) is 18.2. The van der Waals surface area contributed by atoms with Crippen LogP contribution in [0, 0.1) is 5.82 Å². The second-order valence-electron chi connectivity index (χ2n) is 5.88. The van der Waals surface area contributed by atoms with E-state index in [1.165, 1.54) is 12.1 Å². The van der Waals surface area contributed by atoms with Gasteiger partial charge in [-0.3, -0.25) is 4.79 Å². The minimum atomic E-state index is -0.510. The molecule has 0 bridgehead atoms. The fraction of sp³-hybridized carbons (Fsp3) is 0. The first-order valence-electron chi connectivity index (χ1n) is 8.35. The molecule has 2 aromatic carbocycles. The molecule has 1 amide bonds. The molecule has 0 aliphatic heterocycles. The van der Waals surface area contributed by atoms with Crippen molar-refractivity contribution in [1.29, 1.82) is 0 Å². The molecule has 28 heavy (non-hydrogen) atoms. The van der Waals surface area contributed by atoms with Crippen molar-refractivity contribution < 1.29 is 13.6 Å². The van der Waals surface area contributed by atoms with Crippen LogP contribution in [0.15, 0.2) is 86.8 Å². The molecule has 4 aromatic rings. The summed E-state index contributed by atoms with van der Waals surface area (Å²) in [5, 5.41) is 3.40. The lowest BCUT2D eigenvalue weighted by Crippen LogP contribution is -2.22. The number of nitrogens with one attached hydrogen (secondary N) is 1. The van der Waals surface area contributed by atoms with Gasteiger partial charge in [0.25, 0.3) is 5.91 Å². The zero-order valence-corrected chi connectivity index (χ0v) is 16.0. The van der Waals surface area contributed by atoms with Crippen molar-refractivity contribution in [3.05, 3.63) is 94.3 Å². The van der Waals surface area contributed by atoms with Crippen LogP contribution in [0.1, 0.15) is 10.4 Å². The third-order valence-electron chi connectivity index (χ3n) is 3.93. The second kappa shape index (κ2) is 7.74. The van der Waals surface area contributed by atoms with Gasteiger partial charge < -0.3 is 9.73 Å². The van der Waals surface area contributed by atoms with Gasteiger partial charge in [-0.1, -0.05) is 34.1 Å². The number of pyridine rings is 1. The van der Waals surface area contributed by atoms with Gasteiger partial charge in [0.05, 0.1) is 0 Å². The summed E-state index contributed by atoms with van der Waals surface area (Å²) in [5.41, 5.74) is 0.773. The monoisotopic (exact) mass is 437 g/mol. The molecule has 0 atom stereocenters. The zero-order valence-electron chi connectivity index (χ0n) is 14.4. The number of para-hydroxylation sites is 1. The van der Waals surface area contributed by atoms with Crippen LogP contribution in [0.25, 0.3) is 11.0 Å². The minimum absolute atomic E-state index is 0.00773. The van der Waals surface area contributed by atoms with Gasteiger partial charge in [-0.05, 0) is 48.5 Å². The maximum absolute atomic E-state index is 14.1. The molecule has 138 valence electrons. The number of hydrogen-bond acceptors (Lipinski definition) is 4. The molecule has 0 aliphatic rings. The molecule has 0 saturated heterocycles. The second-order valence-corrected chi connectivity index (χ2v) is 6.80. The minimum Gasteiger partial charge on any atom is -0.438 e. The van der Waals surface area contributed by atoms with Crippen LogP contribution in [0.2, 0.25) is 0 Å². The number of carbonyl (C=O) groups is 1. The normalized spacial score (nSPS) is 11.6. The van der Waals surface area contributed by atoms with Gasteiger partial charge >= 0.3 is 0 Å². The largest absolute Gasteiger partial charge is 0.438 e. The van der Waals surface area contributed by atoms with Gasteiger partial charge in [0.1, 0.15) is 28.5 Å². The summed E-state index contributed by atoms with van der Waals surface area (Å²) in [6.07, 6.45) is 1.57. The molecule has 2 aromatic heterocycles. The maximum Gasteiger partial charge on any atom is 0.262 e. The number of aromatic nitrogens is 1. The lowest BCUT2D eigenvalue weighted by Gasteiger charge is -2.07. The summed E-state index contributed by atoms with van der Waals surface area (Å²) in [4.78, 5) is 21.2. The Kier molecular flexibility index (Phi) is 4.99. The van der Waals surface area contributed by atoms with E-state index in [0.717, 1.165) is 4.47 Å². The van der Waals surface area contributed by atoms with Crippen molar-refractivity contribution in [3.63, 3.8) is 0 Å². The van der Waals surface area contributed by atoms with Gasteiger partial charge in [0.2, 0.25) is 5.55 Å². The summed E-state index contributed by atoms with van der Waals surface area (Å²) in [6.45, 7) is 0. The Bertz CT molecular complexity index is 1240. The Morgan fingerprint density at radius 2 is 1.89 bits per heavy atom.